The normalized spacial score (nSPS) is 11.0. The van der Waals surface area contributed by atoms with Gasteiger partial charge in [0.05, 0.1) is 32.4 Å². The third-order valence-electron chi connectivity index (χ3n) is 5.08. The van der Waals surface area contributed by atoms with Gasteiger partial charge in [0, 0.05) is 26.3 Å². The molecule has 166 valence electrons. The maximum Gasteiger partial charge on any atom is 0.265 e. The molecule has 0 unspecified atom stereocenters. The number of hydrogen-bond donors (Lipinski definition) is 0. The van der Waals surface area contributed by atoms with Crippen molar-refractivity contribution in [2.45, 2.75) is 0 Å². The van der Waals surface area contributed by atoms with Gasteiger partial charge in [-0.3, -0.25) is 4.79 Å². The maximum absolute atomic E-state index is 12.6. The molecule has 0 bridgehead atoms. The summed E-state index contributed by atoms with van der Waals surface area (Å²) >= 11 is 1.28. The Morgan fingerprint density at radius 1 is 1.16 bits per heavy atom. The van der Waals surface area contributed by atoms with Crippen molar-refractivity contribution < 1.29 is 23.5 Å². The first-order valence-electron chi connectivity index (χ1n) is 9.88. The van der Waals surface area contributed by atoms with Gasteiger partial charge in [0.15, 0.2) is 17.1 Å². The van der Waals surface area contributed by atoms with E-state index in [1.54, 1.807) is 39.5 Å². The molecular weight excluding hydrogens is 430 g/mol. The summed E-state index contributed by atoms with van der Waals surface area (Å²) in [4.78, 5) is 19.1. The van der Waals surface area contributed by atoms with Gasteiger partial charge >= 0.3 is 0 Å². The van der Waals surface area contributed by atoms with Gasteiger partial charge in [-0.2, -0.15) is 0 Å². The summed E-state index contributed by atoms with van der Waals surface area (Å²) in [6, 6.07) is 11.5. The van der Waals surface area contributed by atoms with Crippen molar-refractivity contribution in [2.75, 3.05) is 41.5 Å². The van der Waals surface area contributed by atoms with Crippen LogP contribution < -0.4 is 9.47 Å². The van der Waals surface area contributed by atoms with Crippen molar-refractivity contribution in [3.8, 4) is 33.3 Å². The van der Waals surface area contributed by atoms with Crippen molar-refractivity contribution in [2.24, 2.45) is 0 Å². The zero-order valence-corrected chi connectivity index (χ0v) is 19.1. The quantitative estimate of drug-likeness (QED) is 0.392. The Morgan fingerprint density at radius 2 is 2.00 bits per heavy atom. The van der Waals surface area contributed by atoms with Crippen molar-refractivity contribution in [1.82, 2.24) is 15.0 Å². The summed E-state index contributed by atoms with van der Waals surface area (Å²) in [5.41, 5.74) is 3.01. The van der Waals surface area contributed by atoms with Gasteiger partial charge in [-0.05, 0) is 23.8 Å². The van der Waals surface area contributed by atoms with Crippen LogP contribution in [-0.2, 0) is 4.74 Å². The molecule has 2 aromatic heterocycles. The summed E-state index contributed by atoms with van der Waals surface area (Å²) in [7, 11) is 6.56. The molecule has 0 N–H and O–H groups in total. The molecule has 0 atom stereocenters. The number of benzene rings is 2. The molecule has 0 saturated heterocycles. The molecule has 1 amide bonds. The van der Waals surface area contributed by atoms with Gasteiger partial charge in [0.25, 0.3) is 5.91 Å². The van der Waals surface area contributed by atoms with E-state index in [0.717, 1.165) is 16.5 Å². The van der Waals surface area contributed by atoms with Crippen LogP contribution in [0.15, 0.2) is 47.1 Å². The number of carbonyl (C=O) groups is 1. The Hall–Kier alpha value is -3.43. The summed E-state index contributed by atoms with van der Waals surface area (Å²) in [6.07, 6.45) is 1.57. The van der Waals surface area contributed by atoms with Crippen LogP contribution in [-0.4, -0.2) is 62.5 Å². The monoisotopic (exact) mass is 453 g/mol. The highest BCUT2D eigenvalue weighted by atomic mass is 32.1. The van der Waals surface area contributed by atoms with E-state index in [4.69, 9.17) is 18.7 Å². The van der Waals surface area contributed by atoms with Gasteiger partial charge in [-0.1, -0.05) is 23.4 Å². The second kappa shape index (κ2) is 9.37. The van der Waals surface area contributed by atoms with Crippen molar-refractivity contribution in [3.05, 3.63) is 47.5 Å². The number of rotatable bonds is 8. The predicted octanol–water partition coefficient (Wildman–Crippen LogP) is 4.35. The van der Waals surface area contributed by atoms with E-state index in [9.17, 15) is 4.79 Å². The lowest BCUT2D eigenvalue weighted by Gasteiger charge is -2.14. The smallest absolute Gasteiger partial charge is 0.265 e. The summed E-state index contributed by atoms with van der Waals surface area (Å²) < 4.78 is 21.6. The Bertz CT molecular complexity index is 1250. The Labute approximate surface area is 189 Å². The number of fused-ring (bicyclic) bond motifs is 1. The minimum Gasteiger partial charge on any atom is -0.493 e. The van der Waals surface area contributed by atoms with Crippen LogP contribution in [0.3, 0.4) is 0 Å². The highest BCUT2D eigenvalue weighted by Crippen LogP contribution is 2.40. The molecule has 2 aromatic carbocycles. The molecule has 0 radical (unpaired) electrons. The molecule has 4 rings (SSSR count). The molecule has 2 heterocycles. The number of methoxy groups -OCH3 is 3. The van der Waals surface area contributed by atoms with Crippen LogP contribution in [0.25, 0.3) is 32.8 Å². The molecule has 8 nitrogen and oxygen atoms in total. The second-order valence-corrected chi connectivity index (χ2v) is 8.06. The number of ether oxygens (including phenoxy) is 3. The van der Waals surface area contributed by atoms with E-state index in [2.05, 4.69) is 10.1 Å². The topological polar surface area (TPSA) is 86.9 Å². The molecule has 0 aliphatic heterocycles. The minimum atomic E-state index is -0.106. The molecule has 0 aliphatic rings. The van der Waals surface area contributed by atoms with E-state index < -0.39 is 0 Å². The molecule has 0 fully saturated rings. The Kier molecular flexibility index (Phi) is 6.38. The van der Waals surface area contributed by atoms with Crippen molar-refractivity contribution >= 4 is 28.2 Å². The highest BCUT2D eigenvalue weighted by molar-refractivity contribution is 7.17. The average molecular weight is 454 g/mol. The fourth-order valence-electron chi connectivity index (χ4n) is 3.37. The number of likely N-dealkylation sites (N-methyl/N-ethyl adjacent to an activating group) is 1. The van der Waals surface area contributed by atoms with E-state index in [1.807, 2.05) is 36.4 Å². The molecular formula is C23H23N3O5S. The van der Waals surface area contributed by atoms with Crippen LogP contribution in [0, 0.1) is 0 Å². The average Bonchev–Trinajstić information content (AvgIpc) is 3.48. The van der Waals surface area contributed by atoms with Gasteiger partial charge in [-0.25, -0.2) is 4.98 Å². The predicted molar refractivity (Wildman–Crippen MR) is 122 cm³/mol. The fraction of sp³-hybridized carbons (Fsp3) is 0.261. The zero-order valence-electron chi connectivity index (χ0n) is 18.2. The number of hydrogen-bond acceptors (Lipinski definition) is 8. The first-order valence-corrected chi connectivity index (χ1v) is 10.7. The van der Waals surface area contributed by atoms with Crippen LogP contribution in [0.5, 0.6) is 11.5 Å². The van der Waals surface area contributed by atoms with Crippen LogP contribution in [0.2, 0.25) is 0 Å². The molecule has 9 heteroatoms. The number of carbonyl (C=O) groups excluding carboxylic acids is 1. The van der Waals surface area contributed by atoms with Gasteiger partial charge in [0.2, 0.25) is 0 Å². The van der Waals surface area contributed by atoms with Crippen LogP contribution in [0.4, 0.5) is 0 Å². The first kappa shape index (κ1) is 21.8. The number of nitrogens with zero attached hydrogens (tertiary/aromatic N) is 3. The number of amides is 1. The lowest BCUT2D eigenvalue weighted by Crippen LogP contribution is -2.29. The molecule has 32 heavy (non-hydrogen) atoms. The SMILES string of the molecule is COCCN(C)C(=O)c1cnc(-c2noc3cc(-c4cccc(OC)c4OC)ccc23)s1. The standard InChI is InChI=1S/C23H23N3O5S/c1-26(10-11-28-2)23(27)19-13-24-22(32-19)20-16-9-8-14(12-18(16)31-25-20)15-6-5-7-17(29-3)21(15)30-4/h5-9,12-13H,10-11H2,1-4H3. The summed E-state index contributed by atoms with van der Waals surface area (Å²) in [6.45, 7) is 0.980. The lowest BCUT2D eigenvalue weighted by molar-refractivity contribution is 0.0748. The maximum atomic E-state index is 12.6. The van der Waals surface area contributed by atoms with Gasteiger partial charge < -0.3 is 23.6 Å². The Balaban J connectivity index is 1.65. The number of aromatic nitrogens is 2. The van der Waals surface area contributed by atoms with Crippen LogP contribution >= 0.6 is 11.3 Å². The van der Waals surface area contributed by atoms with Crippen LogP contribution in [0.1, 0.15) is 9.67 Å². The van der Waals surface area contributed by atoms with E-state index in [0.29, 0.717) is 45.8 Å². The van der Waals surface area contributed by atoms with Crippen molar-refractivity contribution in [1.29, 1.82) is 0 Å². The van der Waals surface area contributed by atoms with E-state index in [-0.39, 0.29) is 5.91 Å². The van der Waals surface area contributed by atoms with E-state index >= 15 is 0 Å². The number of para-hydroxylation sites is 1. The number of thiazole rings is 1. The van der Waals surface area contributed by atoms with E-state index in [1.165, 1.54) is 11.3 Å². The Morgan fingerprint density at radius 3 is 2.75 bits per heavy atom. The molecule has 0 saturated carbocycles. The third kappa shape index (κ3) is 4.04. The zero-order chi connectivity index (χ0) is 22.7. The first-order chi connectivity index (χ1) is 15.6. The van der Waals surface area contributed by atoms with Gasteiger partial charge in [0.1, 0.15) is 15.6 Å². The molecule has 4 aromatic rings. The lowest BCUT2D eigenvalue weighted by atomic mass is 10.0. The summed E-state index contributed by atoms with van der Waals surface area (Å²) in [5, 5.41) is 5.66. The molecule has 0 aliphatic carbocycles. The minimum absolute atomic E-state index is 0.106. The molecule has 0 spiro atoms. The van der Waals surface area contributed by atoms with Crippen molar-refractivity contribution in [3.63, 3.8) is 0 Å². The second-order valence-electron chi connectivity index (χ2n) is 7.03. The highest BCUT2D eigenvalue weighted by Gasteiger charge is 2.20. The summed E-state index contributed by atoms with van der Waals surface area (Å²) in [5.74, 6) is 1.19. The largest absolute Gasteiger partial charge is 0.493 e. The van der Waals surface area contributed by atoms with Gasteiger partial charge in [-0.15, -0.1) is 11.3 Å². The third-order valence-corrected chi connectivity index (χ3v) is 6.07. The fourth-order valence-corrected chi connectivity index (χ4v) is 4.28.